The van der Waals surface area contributed by atoms with Crippen molar-refractivity contribution in [3.63, 3.8) is 0 Å². The molecule has 0 aliphatic heterocycles. The van der Waals surface area contributed by atoms with Gasteiger partial charge in [-0.05, 0) is 13.3 Å². The molecule has 0 aromatic carbocycles. The average molecular weight is 465 g/mol. The highest BCUT2D eigenvalue weighted by Gasteiger charge is 2.32. The van der Waals surface area contributed by atoms with Crippen molar-refractivity contribution >= 4 is 48.2 Å². The van der Waals surface area contributed by atoms with Crippen molar-refractivity contribution in [3.05, 3.63) is 0 Å². The number of carbonyl (C=O) groups is 6. The van der Waals surface area contributed by atoms with Gasteiger partial charge in [0, 0.05) is 12.2 Å². The number of aliphatic hydroxyl groups excluding tert-OH is 1. The molecule has 4 amide bonds. The maximum atomic E-state index is 12.4. The van der Waals surface area contributed by atoms with Crippen molar-refractivity contribution in [2.24, 2.45) is 11.5 Å². The van der Waals surface area contributed by atoms with E-state index in [-0.39, 0.29) is 18.6 Å². The third-order valence-electron chi connectivity index (χ3n) is 3.90. The second-order valence-electron chi connectivity index (χ2n) is 6.58. The van der Waals surface area contributed by atoms with Crippen LogP contribution in [0.3, 0.4) is 0 Å². The van der Waals surface area contributed by atoms with Crippen molar-refractivity contribution in [1.82, 2.24) is 16.0 Å². The van der Waals surface area contributed by atoms with Crippen LogP contribution in [0.5, 0.6) is 0 Å². The maximum absolute atomic E-state index is 12.4. The molecule has 31 heavy (non-hydrogen) atoms. The third kappa shape index (κ3) is 10.6. The van der Waals surface area contributed by atoms with Gasteiger partial charge < -0.3 is 42.7 Å². The summed E-state index contributed by atoms with van der Waals surface area (Å²) in [5, 5.41) is 34.1. The molecule has 0 bridgehead atoms. The lowest BCUT2D eigenvalue weighted by molar-refractivity contribution is -0.143. The number of carbonyl (C=O) groups excluding carboxylic acids is 4. The first kappa shape index (κ1) is 28.1. The van der Waals surface area contributed by atoms with Gasteiger partial charge in [-0.25, -0.2) is 4.79 Å². The Kier molecular flexibility index (Phi) is 12.1. The summed E-state index contributed by atoms with van der Waals surface area (Å²) in [5.41, 5.74) is 10.4. The fourth-order valence-electron chi connectivity index (χ4n) is 2.22. The first-order chi connectivity index (χ1) is 14.3. The van der Waals surface area contributed by atoms with E-state index in [0.717, 1.165) is 6.92 Å². The molecule has 0 rings (SSSR count). The summed E-state index contributed by atoms with van der Waals surface area (Å²) in [4.78, 5) is 69.4. The lowest BCUT2D eigenvalue weighted by Crippen LogP contribution is -2.60. The van der Waals surface area contributed by atoms with Crippen LogP contribution in [0.1, 0.15) is 26.2 Å². The predicted molar refractivity (Wildman–Crippen MR) is 108 cm³/mol. The highest BCUT2D eigenvalue weighted by Crippen LogP contribution is 2.02. The van der Waals surface area contributed by atoms with E-state index in [1.54, 1.807) is 0 Å². The zero-order valence-electron chi connectivity index (χ0n) is 16.6. The maximum Gasteiger partial charge on any atom is 0.326 e. The molecule has 0 aliphatic carbocycles. The zero-order chi connectivity index (χ0) is 24.3. The Morgan fingerprint density at radius 2 is 1.48 bits per heavy atom. The average Bonchev–Trinajstić information content (AvgIpc) is 2.65. The first-order valence-corrected chi connectivity index (χ1v) is 9.61. The van der Waals surface area contributed by atoms with E-state index >= 15 is 0 Å². The molecular weight excluding hydrogens is 438 g/mol. The van der Waals surface area contributed by atoms with Crippen LogP contribution in [0.4, 0.5) is 0 Å². The lowest BCUT2D eigenvalue weighted by Gasteiger charge is -2.25. The van der Waals surface area contributed by atoms with Gasteiger partial charge in [0.2, 0.25) is 23.6 Å². The van der Waals surface area contributed by atoms with Crippen LogP contribution < -0.4 is 27.4 Å². The number of nitrogens with one attached hydrogen (secondary N) is 3. The van der Waals surface area contributed by atoms with Gasteiger partial charge in [0.15, 0.2) is 0 Å². The molecule has 0 aromatic heterocycles. The molecule has 10 N–H and O–H groups in total. The van der Waals surface area contributed by atoms with Crippen molar-refractivity contribution in [1.29, 1.82) is 0 Å². The molecule has 0 aromatic rings. The van der Waals surface area contributed by atoms with Crippen LogP contribution in [0.25, 0.3) is 0 Å². The Balaban J connectivity index is 5.19. The minimum atomic E-state index is -1.62. The Labute approximate surface area is 182 Å². The number of aliphatic carboxylic acids is 2. The Hall–Kier alpha value is -2.91. The summed E-state index contributed by atoms with van der Waals surface area (Å²) in [6.07, 6.45) is -2.80. The molecule has 5 atom stereocenters. The Morgan fingerprint density at radius 3 is 1.90 bits per heavy atom. The summed E-state index contributed by atoms with van der Waals surface area (Å²) in [6, 6.07) is -5.90. The van der Waals surface area contributed by atoms with Crippen LogP contribution in [0.15, 0.2) is 0 Å². The molecule has 176 valence electrons. The number of hydrogen-bond donors (Lipinski definition) is 9. The monoisotopic (exact) mass is 465 g/mol. The van der Waals surface area contributed by atoms with Gasteiger partial charge in [-0.3, -0.25) is 24.0 Å². The SMILES string of the molecule is CC(O)C(NC(=O)C(CS)NC(=O)C(N)CC(=O)O)C(=O)NC(CCC(N)=O)C(=O)O. The largest absolute Gasteiger partial charge is 0.481 e. The van der Waals surface area contributed by atoms with E-state index in [1.165, 1.54) is 0 Å². The van der Waals surface area contributed by atoms with Crippen LogP contribution in [-0.2, 0) is 28.8 Å². The smallest absolute Gasteiger partial charge is 0.326 e. The van der Waals surface area contributed by atoms with Gasteiger partial charge in [0.05, 0.1) is 18.6 Å². The minimum Gasteiger partial charge on any atom is -0.481 e. The topological polar surface area (TPSA) is 251 Å². The summed E-state index contributed by atoms with van der Waals surface area (Å²) < 4.78 is 0. The molecule has 14 nitrogen and oxygen atoms in total. The number of amides is 4. The number of carboxylic acid groups (broad SMARTS) is 2. The number of primary amides is 1. The fourth-order valence-corrected chi connectivity index (χ4v) is 2.48. The van der Waals surface area contributed by atoms with E-state index < -0.39 is 72.3 Å². The first-order valence-electron chi connectivity index (χ1n) is 8.98. The van der Waals surface area contributed by atoms with E-state index in [0.29, 0.717) is 0 Å². The summed E-state index contributed by atoms with van der Waals surface area (Å²) in [6.45, 7) is 1.15. The molecule has 0 aliphatic rings. The second-order valence-corrected chi connectivity index (χ2v) is 6.94. The van der Waals surface area contributed by atoms with E-state index in [4.69, 9.17) is 21.7 Å². The van der Waals surface area contributed by atoms with E-state index in [9.17, 15) is 33.9 Å². The number of nitrogens with two attached hydrogens (primary N) is 2. The van der Waals surface area contributed by atoms with Crippen molar-refractivity contribution < 1.29 is 44.1 Å². The molecule has 5 unspecified atom stereocenters. The predicted octanol–water partition coefficient (Wildman–Crippen LogP) is -4.10. The van der Waals surface area contributed by atoms with Crippen LogP contribution in [0.2, 0.25) is 0 Å². The van der Waals surface area contributed by atoms with Crippen molar-refractivity contribution in [2.45, 2.75) is 56.5 Å². The molecule has 0 saturated carbocycles. The highest BCUT2D eigenvalue weighted by molar-refractivity contribution is 7.80. The Bertz CT molecular complexity index is 703. The highest BCUT2D eigenvalue weighted by atomic mass is 32.1. The van der Waals surface area contributed by atoms with Crippen LogP contribution in [-0.4, -0.2) is 86.9 Å². The van der Waals surface area contributed by atoms with E-state index in [2.05, 4.69) is 28.6 Å². The van der Waals surface area contributed by atoms with E-state index in [1.807, 2.05) is 0 Å². The number of carboxylic acids is 2. The second kappa shape index (κ2) is 13.4. The van der Waals surface area contributed by atoms with Gasteiger partial charge in [-0.2, -0.15) is 12.6 Å². The molecule has 15 heteroatoms. The van der Waals surface area contributed by atoms with Gasteiger partial charge in [-0.1, -0.05) is 0 Å². The number of aliphatic hydroxyl groups is 1. The van der Waals surface area contributed by atoms with Gasteiger partial charge in [-0.15, -0.1) is 0 Å². The van der Waals surface area contributed by atoms with Crippen molar-refractivity contribution in [2.75, 3.05) is 5.75 Å². The normalized spacial score (nSPS) is 15.5. The standard InChI is InChI=1S/C16H27N5O9S/c1-6(22)12(15(28)19-8(16(29)30)2-3-10(18)23)21-14(27)9(5-31)20-13(26)7(17)4-11(24)25/h6-9,12,22,31H,2-5,17H2,1H3,(H2,18,23)(H,19,28)(H,20,26)(H,21,27)(H,24,25)(H,29,30). The third-order valence-corrected chi connectivity index (χ3v) is 4.27. The van der Waals surface area contributed by atoms with Gasteiger partial charge in [0.25, 0.3) is 0 Å². The van der Waals surface area contributed by atoms with Crippen LogP contribution >= 0.6 is 12.6 Å². The van der Waals surface area contributed by atoms with Crippen molar-refractivity contribution in [3.8, 4) is 0 Å². The summed E-state index contributed by atoms with van der Waals surface area (Å²) >= 11 is 3.91. The van der Waals surface area contributed by atoms with Gasteiger partial charge >= 0.3 is 11.9 Å². The number of hydrogen-bond acceptors (Lipinski definition) is 9. The molecule has 0 radical (unpaired) electrons. The molecule has 0 spiro atoms. The Morgan fingerprint density at radius 1 is 0.935 bits per heavy atom. The molecule has 0 heterocycles. The summed E-state index contributed by atoms with van der Waals surface area (Å²) in [5.74, 6) is -6.81. The molecule has 0 saturated heterocycles. The molecular formula is C16H27N5O9S. The quantitative estimate of drug-likeness (QED) is 0.112. The number of thiol groups is 1. The number of rotatable bonds is 14. The van der Waals surface area contributed by atoms with Crippen LogP contribution in [0, 0.1) is 0 Å². The summed E-state index contributed by atoms with van der Waals surface area (Å²) in [7, 11) is 0. The molecule has 0 fully saturated rings. The lowest BCUT2D eigenvalue weighted by atomic mass is 10.1. The minimum absolute atomic E-state index is 0.262. The zero-order valence-corrected chi connectivity index (χ0v) is 17.5. The van der Waals surface area contributed by atoms with Gasteiger partial charge in [0.1, 0.15) is 18.1 Å². The fraction of sp³-hybridized carbons (Fsp3) is 0.625.